The summed E-state index contributed by atoms with van der Waals surface area (Å²) in [6.07, 6.45) is 0.895. The third-order valence-electron chi connectivity index (χ3n) is 6.58. The summed E-state index contributed by atoms with van der Waals surface area (Å²) in [4.78, 5) is 11.9. The summed E-state index contributed by atoms with van der Waals surface area (Å²) in [6, 6.07) is 22.1. The molecule has 1 heterocycles. The standard InChI is InChI=1S/C25H22ClIN2O2S/c1-14-11-16(27)12-17-22-18(25(28-24(14)17)15-7-3-2-4-8-15)13-21(23(22)26)32-20-10-6-5-9-19(20)29(30)31/h2-12,18,21-23,25,28H,13H2,1H3/t18-,21-,22-,23-,25-/m1/s1. The van der Waals surface area contributed by atoms with Crippen molar-refractivity contribution in [2.75, 3.05) is 5.32 Å². The van der Waals surface area contributed by atoms with Crippen LogP contribution in [-0.2, 0) is 0 Å². The zero-order chi connectivity index (χ0) is 22.4. The third-order valence-corrected chi connectivity index (χ3v) is 9.32. The highest BCUT2D eigenvalue weighted by atomic mass is 127. The second kappa shape index (κ2) is 8.88. The van der Waals surface area contributed by atoms with Gasteiger partial charge in [-0.2, -0.15) is 0 Å². The predicted octanol–water partition coefficient (Wildman–Crippen LogP) is 7.55. The molecule has 2 aliphatic rings. The van der Waals surface area contributed by atoms with Gasteiger partial charge in [-0.25, -0.2) is 0 Å². The molecule has 1 N–H and O–H groups in total. The summed E-state index contributed by atoms with van der Waals surface area (Å²) >= 11 is 11.1. The highest BCUT2D eigenvalue weighted by Gasteiger charge is 2.50. The number of para-hydroxylation sites is 1. The van der Waals surface area contributed by atoms with Crippen LogP contribution >= 0.6 is 46.0 Å². The minimum Gasteiger partial charge on any atom is -0.377 e. The molecule has 164 valence electrons. The number of thioether (sulfide) groups is 1. The third kappa shape index (κ3) is 3.90. The van der Waals surface area contributed by atoms with Gasteiger partial charge in [-0.1, -0.05) is 42.5 Å². The van der Waals surface area contributed by atoms with Crippen molar-refractivity contribution in [3.8, 4) is 0 Å². The summed E-state index contributed by atoms with van der Waals surface area (Å²) in [5, 5.41) is 15.4. The molecule has 0 bridgehead atoms. The van der Waals surface area contributed by atoms with Crippen molar-refractivity contribution < 1.29 is 4.92 Å². The minimum absolute atomic E-state index is 0.0879. The highest BCUT2D eigenvalue weighted by molar-refractivity contribution is 14.1. The molecule has 3 aromatic rings. The van der Waals surface area contributed by atoms with E-state index in [9.17, 15) is 10.1 Å². The van der Waals surface area contributed by atoms with E-state index >= 15 is 0 Å². The average molecular weight is 577 g/mol. The zero-order valence-electron chi connectivity index (χ0n) is 17.4. The van der Waals surface area contributed by atoms with Gasteiger partial charge in [0, 0.05) is 26.5 Å². The fourth-order valence-electron chi connectivity index (χ4n) is 5.22. The average Bonchev–Trinajstić information content (AvgIpc) is 3.10. The van der Waals surface area contributed by atoms with Crippen molar-refractivity contribution >= 4 is 57.3 Å². The fourth-order valence-corrected chi connectivity index (χ4v) is 7.97. The van der Waals surface area contributed by atoms with Gasteiger partial charge in [0.2, 0.25) is 0 Å². The molecule has 0 aromatic heterocycles. The van der Waals surface area contributed by atoms with Gasteiger partial charge in [0.25, 0.3) is 5.69 Å². The van der Waals surface area contributed by atoms with E-state index in [4.69, 9.17) is 11.6 Å². The molecular formula is C25H22ClIN2O2S. The monoisotopic (exact) mass is 576 g/mol. The Kier molecular flexibility index (Phi) is 6.11. The Bertz CT molecular complexity index is 1180. The van der Waals surface area contributed by atoms with E-state index < -0.39 is 0 Å². The molecule has 5 atom stereocenters. The first kappa shape index (κ1) is 22.0. The Morgan fingerprint density at radius 3 is 2.59 bits per heavy atom. The van der Waals surface area contributed by atoms with E-state index in [0.29, 0.717) is 10.8 Å². The number of halogens is 2. The second-order valence-corrected chi connectivity index (χ2v) is 11.5. The van der Waals surface area contributed by atoms with Crippen LogP contribution in [0.1, 0.15) is 35.1 Å². The Labute approximate surface area is 210 Å². The molecule has 5 rings (SSSR count). The first-order valence-electron chi connectivity index (χ1n) is 10.6. The lowest BCUT2D eigenvalue weighted by molar-refractivity contribution is -0.387. The van der Waals surface area contributed by atoms with Crippen LogP contribution in [0.5, 0.6) is 0 Å². The molecular weight excluding hydrogens is 555 g/mol. The molecule has 3 aromatic carbocycles. The molecule has 32 heavy (non-hydrogen) atoms. The predicted molar refractivity (Wildman–Crippen MR) is 140 cm³/mol. The Balaban J connectivity index is 1.56. The minimum atomic E-state index is -0.303. The van der Waals surface area contributed by atoms with E-state index in [0.717, 1.165) is 6.42 Å². The zero-order valence-corrected chi connectivity index (χ0v) is 21.1. The van der Waals surface area contributed by atoms with Crippen LogP contribution in [0.2, 0.25) is 0 Å². The first-order valence-corrected chi connectivity index (χ1v) is 13.0. The fraction of sp³-hybridized carbons (Fsp3) is 0.280. The maximum atomic E-state index is 11.6. The summed E-state index contributed by atoms with van der Waals surface area (Å²) < 4.78 is 1.20. The van der Waals surface area contributed by atoms with Crippen molar-refractivity contribution in [3.63, 3.8) is 0 Å². The number of alkyl halides is 1. The van der Waals surface area contributed by atoms with E-state index in [1.54, 1.807) is 23.9 Å². The lowest BCUT2D eigenvalue weighted by Crippen LogP contribution is -2.31. The van der Waals surface area contributed by atoms with Gasteiger partial charge in [0.15, 0.2) is 0 Å². The summed E-state index contributed by atoms with van der Waals surface area (Å²) in [5.41, 5.74) is 5.09. The van der Waals surface area contributed by atoms with Gasteiger partial charge in [-0.3, -0.25) is 10.1 Å². The normalized spacial score (nSPS) is 26.2. The van der Waals surface area contributed by atoms with Crippen molar-refractivity contribution in [2.24, 2.45) is 5.92 Å². The number of nitro groups is 1. The lowest BCUT2D eigenvalue weighted by atomic mass is 9.76. The number of nitro benzene ring substituents is 1. The number of hydrogen-bond donors (Lipinski definition) is 1. The number of fused-ring (bicyclic) bond motifs is 3. The quantitative estimate of drug-likeness (QED) is 0.151. The van der Waals surface area contributed by atoms with Crippen molar-refractivity contribution in [1.82, 2.24) is 0 Å². The van der Waals surface area contributed by atoms with Gasteiger partial charge in [-0.05, 0) is 76.7 Å². The number of nitrogens with one attached hydrogen (secondary N) is 1. The lowest BCUT2D eigenvalue weighted by Gasteiger charge is -2.39. The van der Waals surface area contributed by atoms with Crippen LogP contribution < -0.4 is 5.32 Å². The number of nitrogens with zero attached hydrogens (tertiary/aromatic N) is 1. The molecule has 0 amide bonds. The Morgan fingerprint density at radius 1 is 1.12 bits per heavy atom. The molecule has 0 unspecified atom stereocenters. The van der Waals surface area contributed by atoms with Crippen LogP contribution in [0, 0.1) is 26.5 Å². The molecule has 1 fully saturated rings. The number of benzene rings is 3. The van der Waals surface area contributed by atoms with Gasteiger partial charge in [0.1, 0.15) is 0 Å². The van der Waals surface area contributed by atoms with Crippen molar-refractivity contribution in [3.05, 3.63) is 97.1 Å². The van der Waals surface area contributed by atoms with Gasteiger partial charge < -0.3 is 5.32 Å². The maximum Gasteiger partial charge on any atom is 0.282 e. The van der Waals surface area contributed by atoms with E-state index in [1.165, 1.54) is 25.9 Å². The van der Waals surface area contributed by atoms with Crippen molar-refractivity contribution in [1.29, 1.82) is 0 Å². The highest BCUT2D eigenvalue weighted by Crippen LogP contribution is 2.58. The van der Waals surface area contributed by atoms with E-state index in [-0.39, 0.29) is 33.2 Å². The van der Waals surface area contributed by atoms with Gasteiger partial charge in [0.05, 0.1) is 21.2 Å². The number of aryl methyl sites for hydroxylation is 1. The topological polar surface area (TPSA) is 55.2 Å². The molecule has 1 aliphatic heterocycles. The molecule has 0 saturated heterocycles. The largest absolute Gasteiger partial charge is 0.377 e. The van der Waals surface area contributed by atoms with Crippen molar-refractivity contribution in [2.45, 2.75) is 40.8 Å². The molecule has 4 nitrogen and oxygen atoms in total. The number of anilines is 1. The molecule has 1 saturated carbocycles. The maximum absolute atomic E-state index is 11.6. The second-order valence-electron chi connectivity index (χ2n) is 8.47. The first-order chi connectivity index (χ1) is 15.4. The summed E-state index contributed by atoms with van der Waals surface area (Å²) in [6.45, 7) is 2.15. The number of hydrogen-bond acceptors (Lipinski definition) is 4. The van der Waals surface area contributed by atoms with Crippen LogP contribution in [0.15, 0.2) is 71.6 Å². The van der Waals surface area contributed by atoms with Gasteiger partial charge >= 0.3 is 0 Å². The molecule has 0 radical (unpaired) electrons. The van der Waals surface area contributed by atoms with Crippen LogP contribution in [0.4, 0.5) is 11.4 Å². The van der Waals surface area contributed by atoms with Crippen LogP contribution in [0.25, 0.3) is 0 Å². The SMILES string of the molecule is Cc1cc(I)cc2c1N[C@H](c1ccccc1)[C@@H]1C[C@@H](Sc3ccccc3[N+](=O)[O-])[C@@H](Cl)[C@H]21. The summed E-state index contributed by atoms with van der Waals surface area (Å²) in [7, 11) is 0. The van der Waals surface area contributed by atoms with E-state index in [2.05, 4.69) is 71.2 Å². The van der Waals surface area contributed by atoms with Crippen LogP contribution in [-0.4, -0.2) is 15.6 Å². The number of rotatable bonds is 4. The Hall–Kier alpha value is -1.77. The smallest absolute Gasteiger partial charge is 0.282 e. The summed E-state index contributed by atoms with van der Waals surface area (Å²) in [5.74, 6) is 0.497. The van der Waals surface area contributed by atoms with E-state index in [1.807, 2.05) is 18.2 Å². The van der Waals surface area contributed by atoms with Crippen LogP contribution in [0.3, 0.4) is 0 Å². The van der Waals surface area contributed by atoms with Gasteiger partial charge in [-0.15, -0.1) is 23.4 Å². The molecule has 0 spiro atoms. The molecule has 7 heteroatoms. The Morgan fingerprint density at radius 2 is 1.84 bits per heavy atom. The molecule has 1 aliphatic carbocycles.